The molecule has 0 unspecified atom stereocenters. The van der Waals surface area contributed by atoms with Crippen molar-refractivity contribution in [1.29, 1.82) is 0 Å². The standard InChI is InChI=1S/C18H18N2O3.C2HF3O2/c1-2-20-14-8-4-3-7-13(14)19-18-15(20)9-5-10-16(18)23-12-6-11-17(21)22;3-2(4,5)1(6)7/h3-5,7-10H,2,6,11-12H2,1H3;(H,6,7)/p+1. The Morgan fingerprint density at radius 1 is 1.07 bits per heavy atom. The molecule has 0 aliphatic heterocycles. The highest BCUT2D eigenvalue weighted by atomic mass is 19.4. The van der Waals surface area contributed by atoms with Gasteiger partial charge in [0.05, 0.1) is 6.61 Å². The number of aryl methyl sites for hydroxylation is 1. The number of rotatable bonds is 6. The highest BCUT2D eigenvalue weighted by Crippen LogP contribution is 2.24. The summed E-state index contributed by atoms with van der Waals surface area (Å²) in [5.74, 6) is -2.87. The van der Waals surface area contributed by atoms with E-state index in [9.17, 15) is 18.0 Å². The molecule has 7 nitrogen and oxygen atoms in total. The van der Waals surface area contributed by atoms with E-state index >= 15 is 0 Å². The molecule has 10 heteroatoms. The topological polar surface area (TPSA) is 101 Å². The Balaban J connectivity index is 0.000000396. The van der Waals surface area contributed by atoms with Gasteiger partial charge in [-0.25, -0.2) is 9.78 Å². The summed E-state index contributed by atoms with van der Waals surface area (Å²) in [7, 11) is 0. The van der Waals surface area contributed by atoms with Crippen LogP contribution in [0.25, 0.3) is 22.1 Å². The third-order valence-corrected chi connectivity index (χ3v) is 4.02. The SMILES string of the molecule is CC[n+]1c2ccccc2nc2c(OCCCC(=O)O)cccc21.O=C(O)C(F)(F)F. The number of halogens is 3. The molecular weight excluding hydrogens is 405 g/mol. The van der Waals surface area contributed by atoms with Crippen LogP contribution in [0.2, 0.25) is 0 Å². The highest BCUT2D eigenvalue weighted by Gasteiger charge is 2.38. The summed E-state index contributed by atoms with van der Waals surface area (Å²) >= 11 is 0. The lowest BCUT2D eigenvalue weighted by molar-refractivity contribution is -0.641. The molecule has 0 amide bonds. The molecular formula is C20H20F3N2O5+. The van der Waals surface area contributed by atoms with Crippen LogP contribution in [0.4, 0.5) is 13.2 Å². The van der Waals surface area contributed by atoms with E-state index in [-0.39, 0.29) is 6.42 Å². The number of ether oxygens (including phenoxy) is 1. The maximum absolute atomic E-state index is 10.6. The zero-order valence-corrected chi connectivity index (χ0v) is 16.0. The van der Waals surface area contributed by atoms with Gasteiger partial charge < -0.3 is 14.9 Å². The molecule has 0 bridgehead atoms. The van der Waals surface area contributed by atoms with Gasteiger partial charge in [-0.05, 0) is 25.5 Å². The summed E-state index contributed by atoms with van der Waals surface area (Å²) in [6.45, 7) is 3.31. The number of aromatic nitrogens is 2. The van der Waals surface area contributed by atoms with Gasteiger partial charge >= 0.3 is 18.1 Å². The zero-order chi connectivity index (χ0) is 22.3. The number of carbonyl (C=O) groups is 2. The van der Waals surface area contributed by atoms with Crippen LogP contribution in [0.3, 0.4) is 0 Å². The Morgan fingerprint density at radius 3 is 2.30 bits per heavy atom. The first-order chi connectivity index (χ1) is 14.1. The molecule has 0 aliphatic rings. The van der Waals surface area contributed by atoms with Crippen molar-refractivity contribution >= 4 is 34.0 Å². The smallest absolute Gasteiger partial charge is 0.490 e. The number of benzene rings is 2. The van der Waals surface area contributed by atoms with Gasteiger partial charge in [0, 0.05) is 18.6 Å². The lowest BCUT2D eigenvalue weighted by Gasteiger charge is -2.09. The van der Waals surface area contributed by atoms with E-state index in [0.717, 1.165) is 28.6 Å². The summed E-state index contributed by atoms with van der Waals surface area (Å²) in [5.41, 5.74) is 3.83. The maximum atomic E-state index is 10.6. The van der Waals surface area contributed by atoms with E-state index in [2.05, 4.69) is 17.6 Å². The number of aliphatic carboxylic acids is 2. The van der Waals surface area contributed by atoms with Crippen molar-refractivity contribution in [2.45, 2.75) is 32.5 Å². The Bertz CT molecular complexity index is 1050. The average Bonchev–Trinajstić information content (AvgIpc) is 2.69. The predicted octanol–water partition coefficient (Wildman–Crippen LogP) is 3.57. The lowest BCUT2D eigenvalue weighted by Crippen LogP contribution is -2.34. The van der Waals surface area contributed by atoms with E-state index in [1.54, 1.807) is 0 Å². The summed E-state index contributed by atoms with van der Waals surface area (Å²) in [4.78, 5) is 24.2. The van der Waals surface area contributed by atoms with Crippen molar-refractivity contribution in [3.63, 3.8) is 0 Å². The molecule has 0 fully saturated rings. The normalized spacial score (nSPS) is 11.1. The molecule has 160 valence electrons. The van der Waals surface area contributed by atoms with Crippen molar-refractivity contribution in [2.75, 3.05) is 6.61 Å². The Kier molecular flexibility index (Phi) is 7.51. The molecule has 0 saturated carbocycles. The van der Waals surface area contributed by atoms with Crippen LogP contribution in [0.15, 0.2) is 42.5 Å². The largest absolute Gasteiger partial charge is 0.491 e. The van der Waals surface area contributed by atoms with Crippen molar-refractivity contribution in [1.82, 2.24) is 4.98 Å². The first kappa shape index (κ1) is 22.9. The van der Waals surface area contributed by atoms with Crippen LogP contribution in [-0.2, 0) is 16.1 Å². The number of nitrogens with zero attached hydrogens (tertiary/aromatic N) is 2. The Morgan fingerprint density at radius 2 is 1.70 bits per heavy atom. The van der Waals surface area contributed by atoms with Gasteiger partial charge in [-0.3, -0.25) is 4.79 Å². The van der Waals surface area contributed by atoms with Gasteiger partial charge in [0.1, 0.15) is 12.1 Å². The molecule has 0 saturated heterocycles. The second-order valence-corrected chi connectivity index (χ2v) is 6.12. The van der Waals surface area contributed by atoms with Gasteiger partial charge in [-0.2, -0.15) is 17.7 Å². The summed E-state index contributed by atoms with van der Waals surface area (Å²) in [5, 5.41) is 15.8. The van der Waals surface area contributed by atoms with Crippen LogP contribution in [-0.4, -0.2) is 39.9 Å². The molecule has 3 aromatic rings. The number of hydrogen-bond acceptors (Lipinski definition) is 4. The molecule has 30 heavy (non-hydrogen) atoms. The molecule has 0 atom stereocenters. The lowest BCUT2D eigenvalue weighted by atomic mass is 10.2. The monoisotopic (exact) mass is 425 g/mol. The minimum absolute atomic E-state index is 0.107. The van der Waals surface area contributed by atoms with Gasteiger partial charge in [0.25, 0.3) is 0 Å². The fourth-order valence-corrected chi connectivity index (χ4v) is 2.74. The molecule has 2 aromatic carbocycles. The van der Waals surface area contributed by atoms with Crippen molar-refractivity contribution in [2.24, 2.45) is 0 Å². The number of carboxylic acid groups (broad SMARTS) is 2. The third kappa shape index (κ3) is 5.79. The quantitative estimate of drug-likeness (QED) is 0.356. The first-order valence-corrected chi connectivity index (χ1v) is 9.01. The van der Waals surface area contributed by atoms with Gasteiger partial charge in [0.2, 0.25) is 11.0 Å². The number of alkyl halides is 3. The minimum atomic E-state index is -5.08. The first-order valence-electron chi connectivity index (χ1n) is 9.01. The molecule has 1 aromatic heterocycles. The second-order valence-electron chi connectivity index (χ2n) is 6.12. The number of para-hydroxylation sites is 3. The molecule has 0 spiro atoms. The van der Waals surface area contributed by atoms with Gasteiger partial charge in [-0.15, -0.1) is 0 Å². The third-order valence-electron chi connectivity index (χ3n) is 4.02. The average molecular weight is 425 g/mol. The van der Waals surface area contributed by atoms with E-state index < -0.39 is 18.1 Å². The van der Waals surface area contributed by atoms with Gasteiger partial charge in [0.15, 0.2) is 11.3 Å². The van der Waals surface area contributed by atoms with Crippen molar-refractivity contribution in [3.05, 3.63) is 42.5 Å². The van der Waals surface area contributed by atoms with Gasteiger partial charge in [-0.1, -0.05) is 18.2 Å². The maximum Gasteiger partial charge on any atom is 0.490 e. The van der Waals surface area contributed by atoms with Crippen LogP contribution in [0.5, 0.6) is 5.75 Å². The molecule has 0 radical (unpaired) electrons. The highest BCUT2D eigenvalue weighted by molar-refractivity contribution is 5.85. The van der Waals surface area contributed by atoms with Crippen LogP contribution >= 0.6 is 0 Å². The van der Waals surface area contributed by atoms with Crippen LogP contribution in [0, 0.1) is 0 Å². The Hall–Kier alpha value is -3.43. The zero-order valence-electron chi connectivity index (χ0n) is 16.0. The molecule has 3 rings (SSSR count). The van der Waals surface area contributed by atoms with E-state index in [0.29, 0.717) is 18.8 Å². The van der Waals surface area contributed by atoms with E-state index in [1.165, 1.54) is 0 Å². The van der Waals surface area contributed by atoms with Crippen LogP contribution in [0.1, 0.15) is 19.8 Å². The number of hydrogen-bond donors (Lipinski definition) is 2. The fourth-order valence-electron chi connectivity index (χ4n) is 2.74. The summed E-state index contributed by atoms with van der Waals surface area (Å²) < 4.78 is 39.7. The van der Waals surface area contributed by atoms with Crippen LogP contribution < -0.4 is 9.30 Å². The van der Waals surface area contributed by atoms with E-state index in [4.69, 9.17) is 24.7 Å². The Labute approximate surface area is 169 Å². The number of fused-ring (bicyclic) bond motifs is 2. The summed E-state index contributed by atoms with van der Waals surface area (Å²) in [6.07, 6.45) is -4.50. The summed E-state index contributed by atoms with van der Waals surface area (Å²) in [6, 6.07) is 13.9. The second kappa shape index (κ2) is 9.86. The van der Waals surface area contributed by atoms with E-state index in [1.807, 2.05) is 36.4 Å². The fraction of sp³-hybridized carbons (Fsp3) is 0.300. The predicted molar refractivity (Wildman–Crippen MR) is 101 cm³/mol. The number of carboxylic acids is 2. The molecule has 1 heterocycles. The molecule has 0 aliphatic carbocycles. The molecule has 2 N–H and O–H groups in total. The minimum Gasteiger partial charge on any atom is -0.491 e. The van der Waals surface area contributed by atoms with Crippen molar-refractivity contribution in [3.8, 4) is 5.75 Å². The van der Waals surface area contributed by atoms with Crippen molar-refractivity contribution < 1.29 is 42.3 Å².